The second-order valence-corrected chi connectivity index (χ2v) is 4.79. The maximum absolute atomic E-state index is 12.0. The molecule has 4 nitrogen and oxygen atoms in total. The minimum atomic E-state index is -3.94. The zero-order valence-corrected chi connectivity index (χ0v) is 10.3. The predicted octanol–water partition coefficient (Wildman–Crippen LogP) is 4.02. The smallest absolute Gasteiger partial charge is 0.285 e. The summed E-state index contributed by atoms with van der Waals surface area (Å²) in [5.74, 6) is 0. The van der Waals surface area contributed by atoms with Crippen LogP contribution in [0, 0.1) is 0 Å². The predicted molar refractivity (Wildman–Crippen MR) is 56.1 cm³/mol. The molecule has 0 fully saturated rings. The zero-order valence-electron chi connectivity index (χ0n) is 9.41. The van der Waals surface area contributed by atoms with Crippen molar-refractivity contribution in [3.05, 3.63) is 0 Å². The van der Waals surface area contributed by atoms with Crippen molar-refractivity contribution >= 4 is 7.82 Å². The number of phosphoric ester groups is 1. The highest BCUT2D eigenvalue weighted by molar-refractivity contribution is 7.48. The minimum Gasteiger partial charge on any atom is -0.285 e. The van der Waals surface area contributed by atoms with E-state index in [0.717, 1.165) is 25.7 Å². The Morgan fingerprint density at radius 1 is 1.00 bits per heavy atom. The molecule has 0 spiro atoms. The minimum absolute atomic E-state index is 0.186. The molecule has 0 bridgehead atoms. The maximum Gasteiger partial charge on any atom is 0.506 e. The number of phosphoric acid groups is 1. The number of hydrogen-bond donors (Lipinski definition) is 0. The van der Waals surface area contributed by atoms with E-state index in [-0.39, 0.29) is 13.2 Å². The molecular formula is C9H20FO4P. The van der Waals surface area contributed by atoms with Gasteiger partial charge in [0.1, 0.15) is 0 Å². The Morgan fingerprint density at radius 3 is 2.00 bits per heavy atom. The van der Waals surface area contributed by atoms with E-state index >= 15 is 0 Å². The van der Waals surface area contributed by atoms with Crippen LogP contribution >= 0.6 is 7.82 Å². The average molecular weight is 242 g/mol. The Bertz CT molecular complexity index is 189. The van der Waals surface area contributed by atoms with Gasteiger partial charge in [0.2, 0.25) is 0 Å². The van der Waals surface area contributed by atoms with Gasteiger partial charge in [-0.25, -0.2) is 4.57 Å². The Labute approximate surface area is 90.6 Å². The van der Waals surface area contributed by atoms with Crippen molar-refractivity contribution in [3.63, 3.8) is 0 Å². The van der Waals surface area contributed by atoms with Crippen LogP contribution in [0.3, 0.4) is 0 Å². The Balaban J connectivity index is 3.70. The maximum atomic E-state index is 12.0. The highest BCUT2D eigenvalue weighted by Crippen LogP contribution is 2.49. The molecule has 0 amide bonds. The van der Waals surface area contributed by atoms with Gasteiger partial charge in [-0.2, -0.15) is 0 Å². The molecule has 6 heteroatoms. The molecule has 0 saturated heterocycles. The third-order valence-electron chi connectivity index (χ3n) is 1.83. The Hall–Kier alpha value is 0.0400. The lowest BCUT2D eigenvalue weighted by Crippen LogP contribution is -1.99. The number of halogens is 1. The topological polar surface area (TPSA) is 44.8 Å². The molecule has 0 saturated carbocycles. The first-order chi connectivity index (χ1) is 7.18. The fourth-order valence-corrected chi connectivity index (χ4v) is 1.79. The monoisotopic (exact) mass is 242 g/mol. The van der Waals surface area contributed by atoms with Gasteiger partial charge in [-0.15, -0.1) is 0 Å². The molecule has 15 heavy (non-hydrogen) atoms. The van der Waals surface area contributed by atoms with E-state index in [0.29, 0.717) is 6.42 Å². The molecule has 0 rings (SSSR count). The lowest BCUT2D eigenvalue weighted by Gasteiger charge is -2.12. The van der Waals surface area contributed by atoms with Crippen molar-refractivity contribution in [2.24, 2.45) is 0 Å². The summed E-state index contributed by atoms with van der Waals surface area (Å²) in [6, 6.07) is 0. The van der Waals surface area contributed by atoms with Crippen LogP contribution in [0.4, 0.5) is 4.53 Å². The van der Waals surface area contributed by atoms with Gasteiger partial charge in [-0.3, -0.25) is 9.05 Å². The summed E-state index contributed by atoms with van der Waals surface area (Å²) in [5, 5.41) is 0. The second kappa shape index (κ2) is 9.28. The molecule has 0 aliphatic rings. The third kappa shape index (κ3) is 7.91. The fraction of sp³-hybridized carbons (Fsp3) is 1.00. The van der Waals surface area contributed by atoms with Crippen molar-refractivity contribution in [1.29, 1.82) is 0 Å². The van der Waals surface area contributed by atoms with E-state index in [2.05, 4.69) is 4.73 Å². The van der Waals surface area contributed by atoms with Crippen molar-refractivity contribution in [1.82, 2.24) is 0 Å². The highest BCUT2D eigenvalue weighted by Gasteiger charge is 2.27. The van der Waals surface area contributed by atoms with Crippen LogP contribution < -0.4 is 0 Å². The quantitative estimate of drug-likeness (QED) is 0.428. The van der Waals surface area contributed by atoms with Gasteiger partial charge >= 0.3 is 7.82 Å². The van der Waals surface area contributed by atoms with E-state index in [9.17, 15) is 9.09 Å². The SMILES string of the molecule is CCCCCOP(=O)(OF)OCCCC. The molecule has 0 aromatic rings. The van der Waals surface area contributed by atoms with E-state index < -0.39 is 7.82 Å². The first-order valence-electron chi connectivity index (χ1n) is 5.38. The zero-order chi connectivity index (χ0) is 11.6. The largest absolute Gasteiger partial charge is 0.506 e. The summed E-state index contributed by atoms with van der Waals surface area (Å²) in [5.41, 5.74) is 0. The number of rotatable bonds is 10. The van der Waals surface area contributed by atoms with E-state index in [1.165, 1.54) is 0 Å². The lowest BCUT2D eigenvalue weighted by molar-refractivity contribution is -0.0573. The molecular weight excluding hydrogens is 222 g/mol. The van der Waals surface area contributed by atoms with Gasteiger partial charge in [0.15, 0.2) is 0 Å². The average Bonchev–Trinajstić information content (AvgIpc) is 2.25. The van der Waals surface area contributed by atoms with E-state index in [4.69, 9.17) is 9.05 Å². The Morgan fingerprint density at radius 2 is 1.53 bits per heavy atom. The van der Waals surface area contributed by atoms with Gasteiger partial charge in [-0.05, 0) is 17.4 Å². The number of hydrogen-bond acceptors (Lipinski definition) is 4. The van der Waals surface area contributed by atoms with Crippen LogP contribution in [0.25, 0.3) is 0 Å². The Kier molecular flexibility index (Phi) is 9.30. The standard InChI is InChI=1S/C9H20FO4P/c1-3-5-7-9-13-15(11,14-10)12-8-6-4-2/h3-9H2,1-2H3. The highest BCUT2D eigenvalue weighted by atomic mass is 31.2. The van der Waals surface area contributed by atoms with Crippen LogP contribution in [0.5, 0.6) is 0 Å². The summed E-state index contributed by atoms with van der Waals surface area (Å²) in [4.78, 5) is 0. The van der Waals surface area contributed by atoms with Crippen LogP contribution in [-0.2, 0) is 18.3 Å². The molecule has 0 radical (unpaired) electrons. The van der Waals surface area contributed by atoms with Crippen molar-refractivity contribution in [3.8, 4) is 0 Å². The molecule has 92 valence electrons. The van der Waals surface area contributed by atoms with Crippen LogP contribution in [-0.4, -0.2) is 13.2 Å². The summed E-state index contributed by atoms with van der Waals surface area (Å²) in [7, 11) is -3.94. The molecule has 0 N–H and O–H groups in total. The molecule has 0 aliphatic carbocycles. The second-order valence-electron chi connectivity index (χ2n) is 3.24. The van der Waals surface area contributed by atoms with Crippen molar-refractivity contribution < 1.29 is 22.9 Å². The first kappa shape index (κ1) is 15.0. The van der Waals surface area contributed by atoms with E-state index in [1.807, 2.05) is 13.8 Å². The van der Waals surface area contributed by atoms with Crippen molar-refractivity contribution in [2.75, 3.05) is 13.2 Å². The summed E-state index contributed by atoms with van der Waals surface area (Å²) >= 11 is 0. The molecule has 1 atom stereocenters. The molecule has 0 aromatic heterocycles. The number of unbranched alkanes of at least 4 members (excludes halogenated alkanes) is 3. The van der Waals surface area contributed by atoms with Gasteiger partial charge in [0, 0.05) is 0 Å². The summed E-state index contributed by atoms with van der Waals surface area (Å²) in [6.45, 7) is 4.36. The van der Waals surface area contributed by atoms with Crippen LogP contribution in [0.2, 0.25) is 0 Å². The normalized spacial score (nSPS) is 15.1. The van der Waals surface area contributed by atoms with E-state index in [1.54, 1.807) is 0 Å². The lowest BCUT2D eigenvalue weighted by atomic mass is 10.3. The summed E-state index contributed by atoms with van der Waals surface area (Å²) < 4.78 is 36.1. The van der Waals surface area contributed by atoms with Gasteiger partial charge in [-0.1, -0.05) is 37.8 Å². The molecule has 0 heterocycles. The summed E-state index contributed by atoms with van der Waals surface area (Å²) in [6.07, 6.45) is 4.26. The van der Waals surface area contributed by atoms with Gasteiger partial charge in [0.25, 0.3) is 0 Å². The molecule has 1 unspecified atom stereocenters. The van der Waals surface area contributed by atoms with Gasteiger partial charge in [0.05, 0.1) is 13.2 Å². The van der Waals surface area contributed by atoms with Crippen LogP contribution in [0.15, 0.2) is 0 Å². The first-order valence-corrected chi connectivity index (χ1v) is 6.84. The van der Waals surface area contributed by atoms with Gasteiger partial charge < -0.3 is 0 Å². The van der Waals surface area contributed by atoms with Crippen molar-refractivity contribution in [2.45, 2.75) is 46.0 Å². The molecule has 0 aromatic carbocycles. The van der Waals surface area contributed by atoms with Crippen LogP contribution in [0.1, 0.15) is 46.0 Å². The molecule has 0 aliphatic heterocycles. The fourth-order valence-electron chi connectivity index (χ4n) is 0.926. The third-order valence-corrected chi connectivity index (χ3v) is 3.00.